The zero-order valence-corrected chi connectivity index (χ0v) is 9.40. The maximum absolute atomic E-state index is 12.0. The second kappa shape index (κ2) is 4.06. The maximum Gasteiger partial charge on any atom is 0.215 e. The van der Waals surface area contributed by atoms with Gasteiger partial charge in [-0.25, -0.2) is 0 Å². The first-order valence-electron chi connectivity index (χ1n) is 3.78. The summed E-state index contributed by atoms with van der Waals surface area (Å²) in [6.07, 6.45) is 2.96. The van der Waals surface area contributed by atoms with Gasteiger partial charge in [0.05, 0.1) is 0 Å². The molecule has 1 saturated heterocycles. The quantitative estimate of drug-likeness (QED) is 0.639. The monoisotopic (exact) mass is 208 g/mol. The van der Waals surface area contributed by atoms with Crippen molar-refractivity contribution < 1.29 is 4.57 Å². The Morgan fingerprint density at radius 3 is 2.45 bits per heavy atom. The molecule has 11 heavy (non-hydrogen) atoms. The SMILES string of the molecule is C/C=C(\CC)P1(=O)SCCS1. The Morgan fingerprint density at radius 2 is 2.09 bits per heavy atom. The molecule has 1 aliphatic heterocycles. The van der Waals surface area contributed by atoms with Crippen LogP contribution in [0.25, 0.3) is 0 Å². The van der Waals surface area contributed by atoms with Gasteiger partial charge in [-0.2, -0.15) is 0 Å². The van der Waals surface area contributed by atoms with E-state index in [2.05, 4.69) is 6.92 Å². The van der Waals surface area contributed by atoms with Crippen LogP contribution in [0.2, 0.25) is 0 Å². The fourth-order valence-corrected chi connectivity index (χ4v) is 10.7. The van der Waals surface area contributed by atoms with Gasteiger partial charge in [0, 0.05) is 16.8 Å². The van der Waals surface area contributed by atoms with E-state index in [0.29, 0.717) is 0 Å². The minimum absolute atomic E-state index is 0.938. The molecule has 0 atom stereocenters. The van der Waals surface area contributed by atoms with Gasteiger partial charge in [0.15, 0.2) is 0 Å². The molecule has 4 heteroatoms. The predicted octanol–water partition coefficient (Wildman–Crippen LogP) is 3.97. The van der Waals surface area contributed by atoms with Gasteiger partial charge in [-0.05, 0) is 13.3 Å². The van der Waals surface area contributed by atoms with E-state index >= 15 is 0 Å². The van der Waals surface area contributed by atoms with Gasteiger partial charge in [-0.15, -0.1) is 0 Å². The van der Waals surface area contributed by atoms with E-state index in [9.17, 15) is 4.57 Å². The zero-order valence-electron chi connectivity index (χ0n) is 6.87. The molecule has 1 rings (SSSR count). The van der Waals surface area contributed by atoms with E-state index in [1.807, 2.05) is 13.0 Å². The summed E-state index contributed by atoms with van der Waals surface area (Å²) in [6.45, 7) is 4.06. The van der Waals surface area contributed by atoms with Gasteiger partial charge in [0.1, 0.15) is 0 Å². The highest BCUT2D eigenvalue weighted by Gasteiger charge is 2.31. The lowest BCUT2D eigenvalue weighted by molar-refractivity contribution is 0.596. The van der Waals surface area contributed by atoms with Crippen molar-refractivity contribution in [3.8, 4) is 0 Å². The lowest BCUT2D eigenvalue weighted by atomic mass is 10.4. The van der Waals surface area contributed by atoms with E-state index in [1.165, 1.54) is 0 Å². The molecule has 0 N–H and O–H groups in total. The largest absolute Gasteiger partial charge is 0.296 e. The van der Waals surface area contributed by atoms with E-state index in [-0.39, 0.29) is 0 Å². The Hall–Kier alpha value is 0.670. The Balaban J connectivity index is 2.78. The van der Waals surface area contributed by atoms with Crippen LogP contribution in [-0.2, 0) is 4.57 Å². The van der Waals surface area contributed by atoms with Crippen LogP contribution in [0.15, 0.2) is 11.4 Å². The second-order valence-corrected chi connectivity index (χ2v) is 10.5. The first kappa shape index (κ1) is 9.76. The predicted molar refractivity (Wildman–Crippen MR) is 56.6 cm³/mol. The third kappa shape index (κ3) is 2.07. The summed E-state index contributed by atoms with van der Waals surface area (Å²) < 4.78 is 12.0. The second-order valence-electron chi connectivity index (χ2n) is 2.30. The molecule has 1 fully saturated rings. The average Bonchev–Trinajstić information content (AvgIpc) is 2.39. The van der Waals surface area contributed by atoms with Crippen LogP contribution >= 0.6 is 28.3 Å². The number of hydrogen-bond acceptors (Lipinski definition) is 3. The Labute approximate surface area is 76.3 Å². The third-order valence-corrected chi connectivity index (χ3v) is 11.1. The van der Waals surface area contributed by atoms with Crippen molar-refractivity contribution in [1.29, 1.82) is 0 Å². The van der Waals surface area contributed by atoms with E-state index in [4.69, 9.17) is 0 Å². The molecule has 1 nitrogen and oxygen atoms in total. The van der Waals surface area contributed by atoms with Crippen LogP contribution in [-0.4, -0.2) is 11.5 Å². The summed E-state index contributed by atoms with van der Waals surface area (Å²) >= 11 is 3.30. The topological polar surface area (TPSA) is 17.1 Å². The lowest BCUT2D eigenvalue weighted by Gasteiger charge is -2.10. The van der Waals surface area contributed by atoms with Crippen molar-refractivity contribution in [3.63, 3.8) is 0 Å². The number of hydrogen-bond donors (Lipinski definition) is 0. The molecule has 1 heterocycles. The molecule has 1 aliphatic rings. The highest BCUT2D eigenvalue weighted by Crippen LogP contribution is 2.78. The van der Waals surface area contributed by atoms with Crippen LogP contribution in [0.1, 0.15) is 20.3 Å². The van der Waals surface area contributed by atoms with E-state index in [0.717, 1.165) is 23.2 Å². The van der Waals surface area contributed by atoms with Crippen molar-refractivity contribution in [2.45, 2.75) is 20.3 Å². The molecule has 0 spiro atoms. The molecule has 0 bridgehead atoms. The number of rotatable bonds is 2. The van der Waals surface area contributed by atoms with E-state index in [1.54, 1.807) is 22.8 Å². The van der Waals surface area contributed by atoms with E-state index < -0.39 is 5.55 Å². The molecule has 64 valence electrons. The normalized spacial score (nSPS) is 24.0. The minimum Gasteiger partial charge on any atom is -0.296 e. The first-order valence-corrected chi connectivity index (χ1v) is 8.66. The molecule has 0 aromatic carbocycles. The van der Waals surface area contributed by atoms with Crippen molar-refractivity contribution in [1.82, 2.24) is 0 Å². The van der Waals surface area contributed by atoms with Crippen molar-refractivity contribution >= 4 is 28.3 Å². The van der Waals surface area contributed by atoms with Crippen LogP contribution in [0.5, 0.6) is 0 Å². The zero-order chi connectivity index (χ0) is 8.32. The molecule has 0 aliphatic carbocycles. The van der Waals surface area contributed by atoms with Crippen LogP contribution in [0.4, 0.5) is 0 Å². The van der Waals surface area contributed by atoms with Crippen molar-refractivity contribution in [2.75, 3.05) is 11.5 Å². The molecule has 0 amide bonds. The van der Waals surface area contributed by atoms with Gasteiger partial charge < -0.3 is 0 Å². The molecule has 0 saturated carbocycles. The average molecular weight is 208 g/mol. The Morgan fingerprint density at radius 1 is 1.55 bits per heavy atom. The first-order chi connectivity index (χ1) is 5.23. The van der Waals surface area contributed by atoms with Gasteiger partial charge in [0.2, 0.25) is 5.55 Å². The van der Waals surface area contributed by atoms with Crippen LogP contribution in [0, 0.1) is 0 Å². The summed E-state index contributed by atoms with van der Waals surface area (Å²) in [6, 6.07) is 0. The minimum atomic E-state index is -1.99. The molecule has 0 aromatic heterocycles. The fourth-order valence-electron chi connectivity index (χ4n) is 1.07. The summed E-state index contributed by atoms with van der Waals surface area (Å²) in [5, 5.41) is 1.16. The summed E-state index contributed by atoms with van der Waals surface area (Å²) in [7, 11) is 0. The third-order valence-electron chi connectivity index (χ3n) is 1.65. The van der Waals surface area contributed by atoms with Crippen LogP contribution < -0.4 is 0 Å². The molecule has 0 radical (unpaired) electrons. The summed E-state index contributed by atoms with van der Waals surface area (Å²) in [5.41, 5.74) is -1.99. The van der Waals surface area contributed by atoms with Gasteiger partial charge in [0.25, 0.3) is 0 Å². The summed E-state index contributed by atoms with van der Waals surface area (Å²) in [5.74, 6) is 2.11. The molecule has 0 unspecified atom stereocenters. The van der Waals surface area contributed by atoms with Gasteiger partial charge in [-0.1, -0.05) is 35.8 Å². The van der Waals surface area contributed by atoms with Gasteiger partial charge >= 0.3 is 0 Å². The maximum atomic E-state index is 12.0. The highest BCUT2D eigenvalue weighted by atomic mass is 33.1. The molecular weight excluding hydrogens is 195 g/mol. The Bertz CT molecular complexity index is 202. The fraction of sp³-hybridized carbons (Fsp3) is 0.714. The summed E-state index contributed by atoms with van der Waals surface area (Å²) in [4.78, 5) is 0. The van der Waals surface area contributed by atoms with Gasteiger partial charge in [-0.3, -0.25) is 4.57 Å². The molecule has 0 aromatic rings. The molecular formula is C7H13OPS2. The number of allylic oxidation sites excluding steroid dienone is 2. The van der Waals surface area contributed by atoms with Crippen LogP contribution in [0.3, 0.4) is 0 Å². The highest BCUT2D eigenvalue weighted by molar-refractivity contribution is 8.93. The van der Waals surface area contributed by atoms with Crippen molar-refractivity contribution in [2.24, 2.45) is 0 Å². The standard InChI is InChI=1S/C7H13OPS2/c1-3-7(4-2)9(8)10-5-6-11-9/h3H,4-6H2,1-2H3/b7-3+. The van der Waals surface area contributed by atoms with Crippen molar-refractivity contribution in [3.05, 3.63) is 11.4 Å². The smallest absolute Gasteiger partial charge is 0.215 e. The Kier molecular flexibility index (Phi) is 3.60. The lowest BCUT2D eigenvalue weighted by Crippen LogP contribution is -1.73.